The second-order valence-corrected chi connectivity index (χ2v) is 6.03. The Morgan fingerprint density at radius 2 is 1.96 bits per heavy atom. The Bertz CT molecular complexity index is 891. The largest absolute Gasteiger partial charge is 0.370 e. The van der Waals surface area contributed by atoms with Crippen LogP contribution in [0.5, 0.6) is 0 Å². The van der Waals surface area contributed by atoms with E-state index in [2.05, 4.69) is 29.9 Å². The molecule has 0 N–H and O–H groups in total. The van der Waals surface area contributed by atoms with Gasteiger partial charge in [0.15, 0.2) is 5.65 Å². The van der Waals surface area contributed by atoms with Crippen LogP contribution in [-0.2, 0) is 11.8 Å². The number of anilines is 1. The average Bonchev–Trinajstić information content (AvgIpc) is 3.02. The first kappa shape index (κ1) is 14.9. The van der Waals surface area contributed by atoms with E-state index in [1.165, 1.54) is 0 Å². The van der Waals surface area contributed by atoms with Crippen molar-refractivity contribution in [1.82, 2.24) is 29.7 Å². The number of hydrogen-bond donors (Lipinski definition) is 0. The predicted molar refractivity (Wildman–Crippen MR) is 88.7 cm³/mol. The quantitative estimate of drug-likeness (QED) is 0.703. The third-order valence-corrected chi connectivity index (χ3v) is 4.27. The number of morpholine rings is 1. The lowest BCUT2D eigenvalue weighted by Crippen LogP contribution is -2.39. The molecule has 0 amide bonds. The highest BCUT2D eigenvalue weighted by atomic mass is 16.5. The van der Waals surface area contributed by atoms with Crippen molar-refractivity contribution < 1.29 is 4.74 Å². The zero-order valence-electron chi connectivity index (χ0n) is 14.0. The molecule has 3 aromatic heterocycles. The summed E-state index contributed by atoms with van der Waals surface area (Å²) in [6.07, 6.45) is 5.53. The molecular weight excluding hydrogens is 306 g/mol. The van der Waals surface area contributed by atoms with E-state index in [4.69, 9.17) is 4.74 Å². The molecule has 0 spiro atoms. The molecule has 8 nitrogen and oxygen atoms in total. The minimum Gasteiger partial charge on any atom is -0.370 e. The number of ether oxygens (including phenoxy) is 1. The zero-order valence-corrected chi connectivity index (χ0v) is 14.0. The summed E-state index contributed by atoms with van der Waals surface area (Å²) in [6.45, 7) is 5.95. The fraction of sp³-hybridized carbons (Fsp3) is 0.438. The summed E-state index contributed by atoms with van der Waals surface area (Å²) in [4.78, 5) is 20.2. The third-order valence-electron chi connectivity index (χ3n) is 4.27. The number of aryl methyl sites for hydroxylation is 3. The maximum absolute atomic E-state index is 5.87. The van der Waals surface area contributed by atoms with Gasteiger partial charge in [0.05, 0.1) is 36.9 Å². The fourth-order valence-corrected chi connectivity index (χ4v) is 2.81. The van der Waals surface area contributed by atoms with Gasteiger partial charge in [0, 0.05) is 25.4 Å². The second-order valence-electron chi connectivity index (χ2n) is 6.03. The zero-order chi connectivity index (χ0) is 16.7. The predicted octanol–water partition coefficient (Wildman–Crippen LogP) is 1.35. The Morgan fingerprint density at radius 3 is 2.75 bits per heavy atom. The second kappa shape index (κ2) is 5.79. The lowest BCUT2D eigenvalue weighted by molar-refractivity contribution is 0.0392. The van der Waals surface area contributed by atoms with Crippen LogP contribution in [0.25, 0.3) is 11.2 Å². The molecule has 8 heteroatoms. The van der Waals surface area contributed by atoms with Crippen LogP contribution < -0.4 is 4.90 Å². The Labute approximate surface area is 139 Å². The van der Waals surface area contributed by atoms with Crippen LogP contribution in [0, 0.1) is 13.8 Å². The third kappa shape index (κ3) is 2.69. The van der Waals surface area contributed by atoms with Crippen LogP contribution in [0.4, 0.5) is 5.95 Å². The molecule has 4 rings (SSSR count). The monoisotopic (exact) mass is 325 g/mol. The van der Waals surface area contributed by atoms with E-state index in [1.807, 2.05) is 33.3 Å². The minimum atomic E-state index is -0.0300. The van der Waals surface area contributed by atoms with Gasteiger partial charge >= 0.3 is 0 Å². The van der Waals surface area contributed by atoms with Crippen molar-refractivity contribution in [3.8, 4) is 0 Å². The Hall–Kier alpha value is -2.61. The standard InChI is InChI=1S/C16H19N7O/c1-10-11(2)20-15-13(19-10)7-17-16(21-15)23-4-5-24-14(9-23)12-6-18-22(3)8-12/h6-8,14H,4-5,9H2,1-3H3/t14-/m1/s1. The average molecular weight is 325 g/mol. The van der Waals surface area contributed by atoms with Gasteiger partial charge in [-0.1, -0.05) is 0 Å². The topological polar surface area (TPSA) is 81.9 Å². The highest BCUT2D eigenvalue weighted by molar-refractivity contribution is 5.70. The molecule has 1 aliphatic heterocycles. The fourth-order valence-electron chi connectivity index (χ4n) is 2.81. The lowest BCUT2D eigenvalue weighted by Gasteiger charge is -2.32. The van der Waals surface area contributed by atoms with E-state index in [0.29, 0.717) is 24.7 Å². The van der Waals surface area contributed by atoms with Crippen LogP contribution in [0.1, 0.15) is 23.1 Å². The summed E-state index contributed by atoms with van der Waals surface area (Å²) < 4.78 is 7.66. The van der Waals surface area contributed by atoms with E-state index < -0.39 is 0 Å². The molecule has 0 aromatic carbocycles. The van der Waals surface area contributed by atoms with Crippen molar-refractivity contribution in [1.29, 1.82) is 0 Å². The van der Waals surface area contributed by atoms with Crippen molar-refractivity contribution in [2.24, 2.45) is 7.05 Å². The van der Waals surface area contributed by atoms with Crippen molar-refractivity contribution in [3.05, 3.63) is 35.5 Å². The summed E-state index contributed by atoms with van der Waals surface area (Å²) in [5, 5.41) is 4.22. The summed E-state index contributed by atoms with van der Waals surface area (Å²) >= 11 is 0. The number of fused-ring (bicyclic) bond motifs is 1. The molecule has 1 aliphatic rings. The van der Waals surface area contributed by atoms with Gasteiger partial charge in [0.2, 0.25) is 5.95 Å². The highest BCUT2D eigenvalue weighted by Gasteiger charge is 2.25. The van der Waals surface area contributed by atoms with Gasteiger partial charge in [0.25, 0.3) is 0 Å². The van der Waals surface area contributed by atoms with Crippen LogP contribution in [0.15, 0.2) is 18.6 Å². The van der Waals surface area contributed by atoms with Gasteiger partial charge in [0.1, 0.15) is 11.6 Å². The molecule has 1 fully saturated rings. The Kier molecular flexibility index (Phi) is 3.61. The van der Waals surface area contributed by atoms with Crippen LogP contribution >= 0.6 is 0 Å². The van der Waals surface area contributed by atoms with Gasteiger partial charge in [-0.15, -0.1) is 0 Å². The van der Waals surface area contributed by atoms with Gasteiger partial charge in [-0.25, -0.2) is 15.0 Å². The van der Waals surface area contributed by atoms with E-state index >= 15 is 0 Å². The summed E-state index contributed by atoms with van der Waals surface area (Å²) in [7, 11) is 1.90. The molecule has 0 saturated carbocycles. The molecule has 1 atom stereocenters. The van der Waals surface area contributed by atoms with E-state index in [-0.39, 0.29) is 6.10 Å². The van der Waals surface area contributed by atoms with Crippen molar-refractivity contribution >= 4 is 17.1 Å². The maximum Gasteiger partial charge on any atom is 0.227 e. The smallest absolute Gasteiger partial charge is 0.227 e. The van der Waals surface area contributed by atoms with Gasteiger partial charge in [-0.05, 0) is 13.8 Å². The van der Waals surface area contributed by atoms with Crippen molar-refractivity contribution in [3.63, 3.8) is 0 Å². The number of aromatic nitrogens is 6. The molecule has 1 saturated heterocycles. The normalized spacial score (nSPS) is 18.3. The van der Waals surface area contributed by atoms with Gasteiger partial charge in [-0.3, -0.25) is 4.68 Å². The maximum atomic E-state index is 5.87. The van der Waals surface area contributed by atoms with Crippen molar-refractivity contribution in [2.75, 3.05) is 24.6 Å². The molecule has 124 valence electrons. The minimum absolute atomic E-state index is 0.0300. The molecule has 0 unspecified atom stereocenters. The molecule has 24 heavy (non-hydrogen) atoms. The molecule has 0 aliphatic carbocycles. The summed E-state index contributed by atoms with van der Waals surface area (Å²) in [6, 6.07) is 0. The Morgan fingerprint density at radius 1 is 1.12 bits per heavy atom. The van der Waals surface area contributed by atoms with Crippen molar-refractivity contribution in [2.45, 2.75) is 20.0 Å². The highest BCUT2D eigenvalue weighted by Crippen LogP contribution is 2.24. The molecule has 0 bridgehead atoms. The van der Waals surface area contributed by atoms with Crippen LogP contribution in [-0.4, -0.2) is 49.4 Å². The van der Waals surface area contributed by atoms with Crippen LogP contribution in [0.3, 0.4) is 0 Å². The molecular formula is C16H19N7O. The number of nitrogens with zero attached hydrogens (tertiary/aromatic N) is 7. The van der Waals surface area contributed by atoms with Gasteiger partial charge < -0.3 is 9.64 Å². The van der Waals surface area contributed by atoms with E-state index in [1.54, 1.807) is 10.9 Å². The lowest BCUT2D eigenvalue weighted by atomic mass is 10.1. The van der Waals surface area contributed by atoms with E-state index in [9.17, 15) is 0 Å². The first-order chi connectivity index (χ1) is 11.6. The van der Waals surface area contributed by atoms with E-state index in [0.717, 1.165) is 29.0 Å². The Balaban J connectivity index is 1.62. The summed E-state index contributed by atoms with van der Waals surface area (Å²) in [5.41, 5.74) is 4.21. The van der Waals surface area contributed by atoms with Crippen LogP contribution in [0.2, 0.25) is 0 Å². The molecule has 4 heterocycles. The molecule has 0 radical (unpaired) electrons. The first-order valence-corrected chi connectivity index (χ1v) is 7.93. The van der Waals surface area contributed by atoms with Gasteiger partial charge in [-0.2, -0.15) is 10.1 Å². The number of rotatable bonds is 2. The first-order valence-electron chi connectivity index (χ1n) is 7.93. The number of hydrogen-bond acceptors (Lipinski definition) is 7. The summed E-state index contributed by atoms with van der Waals surface area (Å²) in [5.74, 6) is 0.664. The molecule has 3 aromatic rings. The SMILES string of the molecule is Cc1nc2cnc(N3CCO[C@@H](c4cnn(C)c4)C3)nc2nc1C.